The highest BCUT2D eigenvalue weighted by Crippen LogP contribution is 2.22. The van der Waals surface area contributed by atoms with Crippen LogP contribution >= 0.6 is 11.3 Å². The maximum atomic E-state index is 11.9. The fraction of sp³-hybridized carbons (Fsp3) is 0.400. The number of carbonyl (C=O) groups is 2. The molecule has 0 aliphatic carbocycles. The number of aliphatic carboxylic acids is 1. The summed E-state index contributed by atoms with van der Waals surface area (Å²) < 4.78 is 0. The van der Waals surface area contributed by atoms with E-state index < -0.39 is 12.0 Å². The van der Waals surface area contributed by atoms with Crippen LogP contribution in [0.15, 0.2) is 17.5 Å². The molecule has 0 unspecified atom stereocenters. The summed E-state index contributed by atoms with van der Waals surface area (Å²) in [6, 6.07) is 2.88. The fourth-order valence-electron chi connectivity index (χ4n) is 1.81. The molecule has 0 spiro atoms. The standard InChI is InChI=1S/C10H11NO3S/c12-9(8-4-2-6-15-8)11-5-1-3-7(11)10(13)14/h2,4,6-7H,1,3,5H2,(H,13,14)/t7-/m0/s1. The van der Waals surface area contributed by atoms with Gasteiger partial charge >= 0.3 is 5.97 Å². The van der Waals surface area contributed by atoms with Crippen LogP contribution in [-0.2, 0) is 4.79 Å². The van der Waals surface area contributed by atoms with Gasteiger partial charge in [0, 0.05) is 6.54 Å². The molecule has 4 nitrogen and oxygen atoms in total. The van der Waals surface area contributed by atoms with Gasteiger partial charge in [-0.05, 0) is 24.3 Å². The third-order valence-corrected chi connectivity index (χ3v) is 3.39. The van der Waals surface area contributed by atoms with Crippen LogP contribution in [0.4, 0.5) is 0 Å². The average Bonchev–Trinajstić information content (AvgIpc) is 2.88. The second-order valence-corrected chi connectivity index (χ2v) is 4.42. The first-order valence-electron chi connectivity index (χ1n) is 4.77. The van der Waals surface area contributed by atoms with Gasteiger partial charge in [-0.25, -0.2) is 4.79 Å². The van der Waals surface area contributed by atoms with E-state index in [4.69, 9.17) is 5.11 Å². The zero-order chi connectivity index (χ0) is 10.8. The molecule has 5 heteroatoms. The normalized spacial score (nSPS) is 20.5. The lowest BCUT2D eigenvalue weighted by Gasteiger charge is -2.20. The molecule has 1 fully saturated rings. The van der Waals surface area contributed by atoms with Crippen LogP contribution in [-0.4, -0.2) is 34.5 Å². The number of thiophene rings is 1. The zero-order valence-electron chi connectivity index (χ0n) is 8.05. The molecule has 15 heavy (non-hydrogen) atoms. The lowest BCUT2D eigenvalue weighted by molar-refractivity contribution is -0.141. The van der Waals surface area contributed by atoms with Crippen molar-refractivity contribution in [2.45, 2.75) is 18.9 Å². The maximum Gasteiger partial charge on any atom is 0.326 e. The van der Waals surface area contributed by atoms with E-state index in [1.165, 1.54) is 16.2 Å². The first-order chi connectivity index (χ1) is 7.20. The summed E-state index contributed by atoms with van der Waals surface area (Å²) in [6.07, 6.45) is 1.33. The first-order valence-corrected chi connectivity index (χ1v) is 5.65. The zero-order valence-corrected chi connectivity index (χ0v) is 8.87. The molecule has 1 atom stereocenters. The van der Waals surface area contributed by atoms with E-state index in [0.717, 1.165) is 6.42 Å². The fourth-order valence-corrected chi connectivity index (χ4v) is 2.49. The number of rotatable bonds is 2. The Hall–Kier alpha value is -1.36. The predicted octanol–water partition coefficient (Wildman–Crippen LogP) is 1.44. The van der Waals surface area contributed by atoms with E-state index >= 15 is 0 Å². The SMILES string of the molecule is O=C(O)[C@@H]1CCCN1C(=O)c1cccs1. The van der Waals surface area contributed by atoms with E-state index in [2.05, 4.69) is 0 Å². The number of amides is 1. The van der Waals surface area contributed by atoms with Crippen molar-refractivity contribution in [1.29, 1.82) is 0 Å². The van der Waals surface area contributed by atoms with Crippen LogP contribution in [0.1, 0.15) is 22.5 Å². The quantitative estimate of drug-likeness (QED) is 0.828. The van der Waals surface area contributed by atoms with Crippen LogP contribution in [0.5, 0.6) is 0 Å². The van der Waals surface area contributed by atoms with Crippen molar-refractivity contribution in [3.8, 4) is 0 Å². The second kappa shape index (κ2) is 4.02. The van der Waals surface area contributed by atoms with Gasteiger partial charge in [0.1, 0.15) is 6.04 Å². The van der Waals surface area contributed by atoms with Crippen molar-refractivity contribution >= 4 is 23.2 Å². The minimum absolute atomic E-state index is 0.157. The smallest absolute Gasteiger partial charge is 0.326 e. The number of carboxylic acids is 1. The Labute approximate surface area is 91.1 Å². The van der Waals surface area contributed by atoms with Gasteiger partial charge < -0.3 is 10.0 Å². The Morgan fingerprint density at radius 3 is 2.93 bits per heavy atom. The van der Waals surface area contributed by atoms with Crippen LogP contribution in [0.25, 0.3) is 0 Å². The molecule has 0 bridgehead atoms. The van der Waals surface area contributed by atoms with Crippen LogP contribution in [0.3, 0.4) is 0 Å². The molecule has 1 amide bonds. The second-order valence-electron chi connectivity index (χ2n) is 3.47. The van der Waals surface area contributed by atoms with Crippen molar-refractivity contribution in [3.63, 3.8) is 0 Å². The Kier molecular flexibility index (Phi) is 2.73. The topological polar surface area (TPSA) is 57.6 Å². The van der Waals surface area contributed by atoms with Crippen molar-refractivity contribution in [2.75, 3.05) is 6.54 Å². The molecule has 80 valence electrons. The van der Waals surface area contributed by atoms with E-state index in [1.54, 1.807) is 12.1 Å². The molecular formula is C10H11NO3S. The highest BCUT2D eigenvalue weighted by Gasteiger charge is 2.34. The van der Waals surface area contributed by atoms with Crippen LogP contribution in [0.2, 0.25) is 0 Å². The average molecular weight is 225 g/mol. The van der Waals surface area contributed by atoms with E-state index in [-0.39, 0.29) is 5.91 Å². The third kappa shape index (κ3) is 1.87. The van der Waals surface area contributed by atoms with Gasteiger partial charge in [0.2, 0.25) is 0 Å². The van der Waals surface area contributed by atoms with Gasteiger partial charge in [-0.2, -0.15) is 0 Å². The van der Waals surface area contributed by atoms with E-state index in [0.29, 0.717) is 17.8 Å². The van der Waals surface area contributed by atoms with Crippen LogP contribution in [0, 0.1) is 0 Å². The van der Waals surface area contributed by atoms with Crippen molar-refractivity contribution in [2.24, 2.45) is 0 Å². The molecule has 1 aromatic heterocycles. The molecule has 1 aliphatic heterocycles. The number of nitrogens with zero attached hydrogens (tertiary/aromatic N) is 1. The monoisotopic (exact) mass is 225 g/mol. The number of hydrogen-bond acceptors (Lipinski definition) is 3. The number of likely N-dealkylation sites (tertiary alicyclic amines) is 1. The molecule has 0 saturated carbocycles. The van der Waals surface area contributed by atoms with E-state index in [1.807, 2.05) is 5.38 Å². The molecule has 1 N–H and O–H groups in total. The highest BCUT2D eigenvalue weighted by atomic mass is 32.1. The minimum atomic E-state index is -0.905. The summed E-state index contributed by atoms with van der Waals surface area (Å²) in [5.41, 5.74) is 0. The molecule has 2 heterocycles. The first kappa shape index (κ1) is 10.2. The van der Waals surface area contributed by atoms with Crippen molar-refractivity contribution < 1.29 is 14.7 Å². The Morgan fingerprint density at radius 2 is 2.33 bits per heavy atom. The van der Waals surface area contributed by atoms with Gasteiger partial charge in [-0.1, -0.05) is 6.07 Å². The highest BCUT2D eigenvalue weighted by molar-refractivity contribution is 7.12. The van der Waals surface area contributed by atoms with Crippen molar-refractivity contribution in [3.05, 3.63) is 22.4 Å². The van der Waals surface area contributed by atoms with Gasteiger partial charge in [-0.15, -0.1) is 11.3 Å². The van der Waals surface area contributed by atoms with Crippen LogP contribution < -0.4 is 0 Å². The molecule has 1 aromatic rings. The largest absolute Gasteiger partial charge is 0.480 e. The van der Waals surface area contributed by atoms with E-state index in [9.17, 15) is 9.59 Å². The molecule has 0 aromatic carbocycles. The summed E-state index contributed by atoms with van der Waals surface area (Å²) in [4.78, 5) is 24.9. The molecular weight excluding hydrogens is 214 g/mol. The summed E-state index contributed by atoms with van der Waals surface area (Å²) in [6.45, 7) is 0.549. The maximum absolute atomic E-state index is 11.9. The Bertz CT molecular complexity index is 374. The Balaban J connectivity index is 2.17. The Morgan fingerprint density at radius 1 is 1.53 bits per heavy atom. The summed E-state index contributed by atoms with van der Waals surface area (Å²) in [5, 5.41) is 10.8. The number of hydrogen-bond donors (Lipinski definition) is 1. The molecule has 0 radical (unpaired) electrons. The van der Waals surface area contributed by atoms with Gasteiger partial charge in [-0.3, -0.25) is 4.79 Å². The van der Waals surface area contributed by atoms with Gasteiger partial charge in [0.05, 0.1) is 4.88 Å². The van der Waals surface area contributed by atoms with Gasteiger partial charge in [0.15, 0.2) is 0 Å². The molecule has 1 aliphatic rings. The summed E-state index contributed by atoms with van der Waals surface area (Å²) >= 11 is 1.35. The lowest BCUT2D eigenvalue weighted by Crippen LogP contribution is -2.40. The number of carbonyl (C=O) groups excluding carboxylic acids is 1. The predicted molar refractivity (Wildman–Crippen MR) is 56.0 cm³/mol. The summed E-state index contributed by atoms with van der Waals surface area (Å²) in [5.74, 6) is -1.06. The lowest BCUT2D eigenvalue weighted by atomic mass is 10.2. The molecule has 2 rings (SSSR count). The minimum Gasteiger partial charge on any atom is -0.480 e. The van der Waals surface area contributed by atoms with Crippen molar-refractivity contribution in [1.82, 2.24) is 4.90 Å². The van der Waals surface area contributed by atoms with Gasteiger partial charge in [0.25, 0.3) is 5.91 Å². The summed E-state index contributed by atoms with van der Waals surface area (Å²) in [7, 11) is 0. The third-order valence-electron chi connectivity index (χ3n) is 2.53. The molecule has 1 saturated heterocycles. The number of carboxylic acid groups (broad SMARTS) is 1.